The molecule has 0 saturated heterocycles. The molecular formula is C12H16FRb-2. The van der Waals surface area contributed by atoms with E-state index >= 15 is 0 Å². The van der Waals surface area contributed by atoms with E-state index in [0.717, 1.165) is 5.56 Å². The minimum Gasteiger partial charge on any atom is -0.358 e. The van der Waals surface area contributed by atoms with E-state index in [1.54, 1.807) is 12.1 Å². The van der Waals surface area contributed by atoms with Crippen LogP contribution in [0, 0.1) is 26.2 Å². The molecule has 0 heterocycles. The van der Waals surface area contributed by atoms with Gasteiger partial charge in [-0.15, -0.1) is 5.56 Å². The zero-order chi connectivity index (χ0) is 9.14. The molecule has 0 aromatic heterocycles. The first-order valence-corrected chi connectivity index (χ1v) is 4.15. The Balaban J connectivity index is 0. The molecule has 0 aliphatic heterocycles. The van der Waals surface area contributed by atoms with Crippen molar-refractivity contribution in [1.29, 1.82) is 0 Å². The SMILES string of the molecule is [CH2-]Cc1[c-]ccc(C(C)C)c1F.[CH3-].[Rb+]. The van der Waals surface area contributed by atoms with Crippen molar-refractivity contribution >= 4 is 0 Å². The molecule has 0 unspecified atom stereocenters. The molecule has 0 amide bonds. The summed E-state index contributed by atoms with van der Waals surface area (Å²) in [5.74, 6) is 0.0902. The summed E-state index contributed by atoms with van der Waals surface area (Å²) in [6, 6.07) is 6.38. The molecule has 1 rings (SSSR count). The molecule has 0 nitrogen and oxygen atoms in total. The van der Waals surface area contributed by atoms with Crippen molar-refractivity contribution < 1.29 is 62.6 Å². The molecule has 0 saturated carbocycles. The van der Waals surface area contributed by atoms with Gasteiger partial charge in [0.2, 0.25) is 0 Å². The maximum atomic E-state index is 13.5. The molecular weight excluding hydrogens is 249 g/mol. The van der Waals surface area contributed by atoms with Gasteiger partial charge in [0.15, 0.2) is 0 Å². The smallest absolute Gasteiger partial charge is 0.358 e. The van der Waals surface area contributed by atoms with Gasteiger partial charge in [-0.25, -0.2) is 0 Å². The van der Waals surface area contributed by atoms with E-state index in [2.05, 4.69) is 13.0 Å². The molecule has 0 radical (unpaired) electrons. The Morgan fingerprint density at radius 3 is 2.50 bits per heavy atom. The summed E-state index contributed by atoms with van der Waals surface area (Å²) in [4.78, 5) is 0. The van der Waals surface area contributed by atoms with Crippen molar-refractivity contribution in [1.82, 2.24) is 0 Å². The molecule has 0 aliphatic carbocycles. The second-order valence-corrected chi connectivity index (χ2v) is 3.13. The first-order valence-electron chi connectivity index (χ1n) is 4.15. The van der Waals surface area contributed by atoms with Crippen LogP contribution in [-0.4, -0.2) is 0 Å². The van der Waals surface area contributed by atoms with E-state index in [4.69, 9.17) is 0 Å². The molecule has 0 bridgehead atoms. The Kier molecular flexibility index (Phi) is 10.1. The van der Waals surface area contributed by atoms with Gasteiger partial charge in [-0.3, -0.25) is 4.39 Å². The van der Waals surface area contributed by atoms with Crippen LogP contribution < -0.4 is 58.2 Å². The minimum atomic E-state index is -0.137. The van der Waals surface area contributed by atoms with Gasteiger partial charge in [0.1, 0.15) is 0 Å². The van der Waals surface area contributed by atoms with Crippen molar-refractivity contribution in [2.75, 3.05) is 0 Å². The van der Waals surface area contributed by atoms with E-state index in [1.807, 2.05) is 13.8 Å². The molecule has 1 aromatic rings. The summed E-state index contributed by atoms with van der Waals surface area (Å²) >= 11 is 0. The molecule has 0 aliphatic rings. The summed E-state index contributed by atoms with van der Waals surface area (Å²) < 4.78 is 13.5. The van der Waals surface area contributed by atoms with Crippen molar-refractivity contribution in [3.63, 3.8) is 0 Å². The Labute approximate surface area is 136 Å². The minimum absolute atomic E-state index is 0. The van der Waals surface area contributed by atoms with Crippen molar-refractivity contribution in [3.8, 4) is 0 Å². The molecule has 1 aromatic carbocycles. The van der Waals surface area contributed by atoms with Gasteiger partial charge in [-0.05, 0) is 5.92 Å². The fourth-order valence-electron chi connectivity index (χ4n) is 1.17. The predicted molar refractivity (Wildman–Crippen MR) is 54.8 cm³/mol. The Hall–Kier alpha value is 0.955. The van der Waals surface area contributed by atoms with Gasteiger partial charge in [0.05, 0.1) is 0 Å². The van der Waals surface area contributed by atoms with Gasteiger partial charge in [-0.2, -0.15) is 30.2 Å². The third kappa shape index (κ3) is 4.22. The quantitative estimate of drug-likeness (QED) is 0.686. The van der Waals surface area contributed by atoms with Gasteiger partial charge < -0.3 is 14.4 Å². The van der Waals surface area contributed by atoms with Crippen LogP contribution in [0.15, 0.2) is 12.1 Å². The summed E-state index contributed by atoms with van der Waals surface area (Å²) in [7, 11) is 0. The van der Waals surface area contributed by atoms with Gasteiger partial charge in [0, 0.05) is 5.82 Å². The van der Waals surface area contributed by atoms with Crippen LogP contribution in [0.4, 0.5) is 4.39 Å². The Bertz CT molecular complexity index is 269. The van der Waals surface area contributed by atoms with Crippen molar-refractivity contribution in [3.05, 3.63) is 49.5 Å². The summed E-state index contributed by atoms with van der Waals surface area (Å²) in [5.41, 5.74) is 1.34. The molecule has 0 N–H and O–H groups in total. The van der Waals surface area contributed by atoms with E-state index in [1.165, 1.54) is 0 Å². The zero-order valence-electron chi connectivity index (χ0n) is 9.52. The maximum Gasteiger partial charge on any atom is 1.00 e. The summed E-state index contributed by atoms with van der Waals surface area (Å²) in [6.07, 6.45) is 0.465. The first kappa shape index (κ1) is 17.4. The van der Waals surface area contributed by atoms with Crippen LogP contribution in [0.5, 0.6) is 0 Å². The number of benzene rings is 1. The Morgan fingerprint density at radius 2 is 2.07 bits per heavy atom. The normalized spacial score (nSPS) is 9.21. The third-order valence-electron chi connectivity index (χ3n) is 1.91. The number of hydrogen-bond donors (Lipinski definition) is 0. The fourth-order valence-corrected chi connectivity index (χ4v) is 1.17. The monoisotopic (exact) mass is 264 g/mol. The maximum absolute atomic E-state index is 13.5. The fraction of sp³-hybridized carbons (Fsp3) is 0.333. The van der Waals surface area contributed by atoms with E-state index < -0.39 is 0 Å². The molecule has 0 fully saturated rings. The largest absolute Gasteiger partial charge is 1.00 e. The molecule has 14 heavy (non-hydrogen) atoms. The van der Waals surface area contributed by atoms with Gasteiger partial charge >= 0.3 is 58.2 Å². The van der Waals surface area contributed by atoms with Crippen molar-refractivity contribution in [2.24, 2.45) is 0 Å². The van der Waals surface area contributed by atoms with Crippen LogP contribution in [0.2, 0.25) is 0 Å². The van der Waals surface area contributed by atoms with Crippen LogP contribution in [0.1, 0.15) is 30.9 Å². The zero-order valence-corrected chi connectivity index (χ0v) is 14.4. The van der Waals surface area contributed by atoms with Crippen LogP contribution >= 0.6 is 0 Å². The average Bonchev–Trinajstić information content (AvgIpc) is 2.04. The summed E-state index contributed by atoms with van der Waals surface area (Å²) in [5, 5.41) is 0. The standard InChI is InChI=1S/C11H13F.CH3.Rb/c1-4-9-6-5-7-10(8(2)3)11(9)12;;/h5,7-8H,1,4H2,2-3H3;1H3;/q-2;-1;+1. The second-order valence-electron chi connectivity index (χ2n) is 3.13. The van der Waals surface area contributed by atoms with Gasteiger partial charge in [0.25, 0.3) is 0 Å². The first-order chi connectivity index (χ1) is 5.66. The molecule has 0 atom stereocenters. The third-order valence-corrected chi connectivity index (χ3v) is 1.91. The van der Waals surface area contributed by atoms with Crippen molar-refractivity contribution in [2.45, 2.75) is 26.2 Å². The van der Waals surface area contributed by atoms with Crippen LogP contribution in [-0.2, 0) is 6.42 Å². The molecule has 0 spiro atoms. The average molecular weight is 265 g/mol. The second kappa shape index (κ2) is 8.15. The van der Waals surface area contributed by atoms with E-state index in [-0.39, 0.29) is 77.3 Å². The number of halogens is 1. The number of rotatable bonds is 2. The van der Waals surface area contributed by atoms with E-state index in [9.17, 15) is 4.39 Å². The van der Waals surface area contributed by atoms with E-state index in [0.29, 0.717) is 12.0 Å². The topological polar surface area (TPSA) is 0 Å². The predicted octanol–water partition coefficient (Wildman–Crippen LogP) is 0.580. The molecule has 74 valence electrons. The van der Waals surface area contributed by atoms with Crippen LogP contribution in [0.25, 0.3) is 0 Å². The van der Waals surface area contributed by atoms with Gasteiger partial charge in [-0.1, -0.05) is 13.8 Å². The number of hydrogen-bond acceptors (Lipinski definition) is 0. The summed E-state index contributed by atoms with van der Waals surface area (Å²) in [6.45, 7) is 7.60. The van der Waals surface area contributed by atoms with Crippen LogP contribution in [0.3, 0.4) is 0 Å². The molecule has 2 heteroatoms. The Morgan fingerprint density at radius 1 is 1.50 bits per heavy atom.